The van der Waals surface area contributed by atoms with Crippen LogP contribution in [-0.2, 0) is 5.75 Å². The van der Waals surface area contributed by atoms with Crippen LogP contribution in [0.5, 0.6) is 0 Å². The number of nitrogens with zero attached hydrogens (tertiary/aromatic N) is 2. The van der Waals surface area contributed by atoms with E-state index in [1.165, 1.54) is 0 Å². The highest BCUT2D eigenvalue weighted by Gasteiger charge is 2.08. The normalized spacial score (nSPS) is 10.7. The maximum Gasteiger partial charge on any atom is 0.247 e. The molecule has 0 amide bonds. The van der Waals surface area contributed by atoms with E-state index in [9.17, 15) is 0 Å². The largest absolute Gasteiger partial charge is 0.420 e. The highest BCUT2D eigenvalue weighted by atomic mass is 32.2. The fourth-order valence-electron chi connectivity index (χ4n) is 1.43. The van der Waals surface area contributed by atoms with Gasteiger partial charge in [0.1, 0.15) is 0 Å². The summed E-state index contributed by atoms with van der Waals surface area (Å²) in [6.45, 7) is 2.20. The molecular weight excluding hydrogens is 236 g/mol. The molecule has 1 aromatic carbocycles. The van der Waals surface area contributed by atoms with Crippen LogP contribution in [0.1, 0.15) is 11.5 Å². The third kappa shape index (κ3) is 3.31. The summed E-state index contributed by atoms with van der Waals surface area (Å²) >= 11 is 1.57. The van der Waals surface area contributed by atoms with E-state index < -0.39 is 0 Å². The van der Waals surface area contributed by atoms with Gasteiger partial charge in [0.05, 0.1) is 12.4 Å². The van der Waals surface area contributed by atoms with Gasteiger partial charge in [0.25, 0.3) is 0 Å². The number of rotatable bonds is 5. The predicted octanol–water partition coefficient (Wildman–Crippen LogP) is 2.27. The molecule has 0 bridgehead atoms. The van der Waals surface area contributed by atoms with Crippen molar-refractivity contribution in [2.45, 2.75) is 12.7 Å². The molecule has 0 aliphatic carbocycles. The van der Waals surface area contributed by atoms with E-state index in [1.807, 2.05) is 31.2 Å². The highest BCUT2D eigenvalue weighted by Crippen LogP contribution is 2.20. The van der Waals surface area contributed by atoms with Gasteiger partial charge in [-0.2, -0.15) is 0 Å². The highest BCUT2D eigenvalue weighted by molar-refractivity contribution is 7.98. The van der Waals surface area contributed by atoms with Crippen molar-refractivity contribution in [3.63, 3.8) is 0 Å². The van der Waals surface area contributed by atoms with Gasteiger partial charge < -0.3 is 9.52 Å². The molecule has 90 valence electrons. The van der Waals surface area contributed by atoms with E-state index in [1.54, 1.807) is 11.8 Å². The molecule has 0 spiro atoms. The van der Waals surface area contributed by atoms with E-state index in [4.69, 9.17) is 9.52 Å². The molecule has 0 unspecified atom stereocenters. The van der Waals surface area contributed by atoms with E-state index in [-0.39, 0.29) is 6.61 Å². The number of aromatic nitrogens is 2. The van der Waals surface area contributed by atoms with Gasteiger partial charge in [-0.15, -0.1) is 22.0 Å². The predicted molar refractivity (Wildman–Crippen MR) is 67.7 cm³/mol. The first-order chi connectivity index (χ1) is 8.29. The Hall–Kier alpha value is -1.33. The Morgan fingerprint density at radius 3 is 3.00 bits per heavy atom. The number of aliphatic hydroxyl groups is 1. The van der Waals surface area contributed by atoms with Crippen molar-refractivity contribution in [3.8, 4) is 11.5 Å². The Kier molecular flexibility index (Phi) is 4.17. The minimum Gasteiger partial charge on any atom is -0.420 e. The number of hydrogen-bond acceptors (Lipinski definition) is 5. The second kappa shape index (κ2) is 5.84. The van der Waals surface area contributed by atoms with Crippen molar-refractivity contribution >= 4 is 11.8 Å². The molecule has 17 heavy (non-hydrogen) atoms. The van der Waals surface area contributed by atoms with Crippen LogP contribution in [0.15, 0.2) is 28.7 Å². The van der Waals surface area contributed by atoms with Crippen molar-refractivity contribution in [1.29, 1.82) is 0 Å². The first kappa shape index (κ1) is 12.1. The van der Waals surface area contributed by atoms with Gasteiger partial charge in [-0.25, -0.2) is 0 Å². The molecule has 0 fully saturated rings. The lowest BCUT2D eigenvalue weighted by molar-refractivity contribution is 0.322. The fourth-order valence-corrected chi connectivity index (χ4v) is 2.00. The molecule has 0 saturated heterocycles. The van der Waals surface area contributed by atoms with Crippen molar-refractivity contribution in [2.24, 2.45) is 0 Å². The van der Waals surface area contributed by atoms with E-state index in [0.717, 1.165) is 11.1 Å². The van der Waals surface area contributed by atoms with Crippen LogP contribution in [-0.4, -0.2) is 27.7 Å². The number of aliphatic hydroxyl groups excluding tert-OH is 1. The molecule has 0 atom stereocenters. The molecule has 0 aliphatic heterocycles. The molecule has 1 aromatic heterocycles. The summed E-state index contributed by atoms with van der Waals surface area (Å²) in [5.41, 5.74) is 2.10. The third-order valence-corrected chi connectivity index (χ3v) is 3.12. The molecule has 2 rings (SSSR count). The minimum absolute atomic E-state index is 0.170. The number of thioether (sulfide) groups is 1. The molecule has 0 radical (unpaired) electrons. The SMILES string of the molecule is Cc1cccc(-c2nnc(CSCCO)o2)c1. The van der Waals surface area contributed by atoms with E-state index >= 15 is 0 Å². The lowest BCUT2D eigenvalue weighted by Crippen LogP contribution is -1.87. The van der Waals surface area contributed by atoms with Gasteiger partial charge in [0, 0.05) is 11.3 Å². The molecule has 0 saturated carbocycles. The van der Waals surface area contributed by atoms with E-state index in [2.05, 4.69) is 10.2 Å². The Morgan fingerprint density at radius 1 is 1.35 bits per heavy atom. The minimum atomic E-state index is 0.170. The van der Waals surface area contributed by atoms with Gasteiger partial charge in [-0.1, -0.05) is 17.7 Å². The van der Waals surface area contributed by atoms with Crippen molar-refractivity contribution in [3.05, 3.63) is 35.7 Å². The summed E-state index contributed by atoms with van der Waals surface area (Å²) in [6, 6.07) is 7.95. The van der Waals surface area contributed by atoms with Crippen molar-refractivity contribution < 1.29 is 9.52 Å². The maximum atomic E-state index is 8.67. The lowest BCUT2D eigenvalue weighted by atomic mass is 10.1. The molecule has 2 aromatic rings. The van der Waals surface area contributed by atoms with Gasteiger partial charge >= 0.3 is 0 Å². The Morgan fingerprint density at radius 2 is 2.24 bits per heavy atom. The van der Waals surface area contributed by atoms with Crippen LogP contribution in [0.3, 0.4) is 0 Å². The van der Waals surface area contributed by atoms with Crippen molar-refractivity contribution in [2.75, 3.05) is 12.4 Å². The number of benzene rings is 1. The van der Waals surface area contributed by atoms with Crippen LogP contribution in [0.25, 0.3) is 11.5 Å². The van der Waals surface area contributed by atoms with Crippen LogP contribution < -0.4 is 0 Å². The van der Waals surface area contributed by atoms with Crippen molar-refractivity contribution in [1.82, 2.24) is 10.2 Å². The molecular formula is C12H14N2O2S. The van der Waals surface area contributed by atoms with E-state index in [0.29, 0.717) is 23.3 Å². The second-order valence-electron chi connectivity index (χ2n) is 3.65. The molecule has 1 heterocycles. The number of hydrogen-bond donors (Lipinski definition) is 1. The average Bonchev–Trinajstić information content (AvgIpc) is 2.78. The average molecular weight is 250 g/mol. The molecule has 0 aliphatic rings. The molecule has 4 nitrogen and oxygen atoms in total. The quantitative estimate of drug-likeness (QED) is 0.825. The van der Waals surface area contributed by atoms with Crippen LogP contribution in [0.2, 0.25) is 0 Å². The first-order valence-electron chi connectivity index (χ1n) is 5.37. The fraction of sp³-hybridized carbons (Fsp3) is 0.333. The van der Waals surface area contributed by atoms with Gasteiger partial charge in [-0.05, 0) is 19.1 Å². The van der Waals surface area contributed by atoms with Gasteiger partial charge in [0.2, 0.25) is 11.8 Å². The standard InChI is InChI=1S/C12H14N2O2S/c1-9-3-2-4-10(7-9)12-14-13-11(16-12)8-17-6-5-15/h2-4,7,15H,5-6,8H2,1H3. The molecule has 1 N–H and O–H groups in total. The zero-order valence-electron chi connectivity index (χ0n) is 9.59. The Bertz CT molecular complexity index is 485. The summed E-state index contributed by atoms with van der Waals surface area (Å²) in [7, 11) is 0. The summed E-state index contributed by atoms with van der Waals surface area (Å²) in [5.74, 6) is 2.47. The van der Waals surface area contributed by atoms with Gasteiger partial charge in [0.15, 0.2) is 0 Å². The zero-order valence-corrected chi connectivity index (χ0v) is 10.4. The molecule has 5 heteroatoms. The number of aryl methyl sites for hydroxylation is 1. The topological polar surface area (TPSA) is 59.2 Å². The smallest absolute Gasteiger partial charge is 0.247 e. The summed E-state index contributed by atoms with van der Waals surface area (Å²) in [6.07, 6.45) is 0. The second-order valence-corrected chi connectivity index (χ2v) is 4.75. The monoisotopic (exact) mass is 250 g/mol. The first-order valence-corrected chi connectivity index (χ1v) is 6.53. The van der Waals surface area contributed by atoms with Crippen LogP contribution in [0, 0.1) is 6.92 Å². The lowest BCUT2D eigenvalue weighted by Gasteiger charge is -1.96. The summed E-state index contributed by atoms with van der Waals surface area (Å²) in [5, 5.41) is 16.7. The van der Waals surface area contributed by atoms with Crippen LogP contribution in [0.4, 0.5) is 0 Å². The Labute approximate surface area is 104 Å². The summed E-state index contributed by atoms with van der Waals surface area (Å²) in [4.78, 5) is 0. The zero-order chi connectivity index (χ0) is 12.1. The van der Waals surface area contributed by atoms with Gasteiger partial charge in [-0.3, -0.25) is 0 Å². The maximum absolute atomic E-state index is 8.67. The summed E-state index contributed by atoms with van der Waals surface area (Å²) < 4.78 is 5.55. The third-order valence-electron chi connectivity index (χ3n) is 2.19. The Balaban J connectivity index is 2.07. The van der Waals surface area contributed by atoms with Crippen LogP contribution >= 0.6 is 11.8 Å².